The number of alkyl halides is 18. The Labute approximate surface area is 240 Å². The Morgan fingerprint density at radius 3 is 0.545 bits per heavy atom. The SMILES string of the molecule is FC(F)(F)c1cc(C(F)(F)F)cc(P(=[Se])(c2cc(C(F)(F)F)cc(C(F)(F)F)c2)c2cc(C(F)(F)F)cc(C(F)(F)F)c2)c1. The molecule has 0 nitrogen and oxygen atoms in total. The molecule has 0 radical (unpaired) electrons. The fourth-order valence-electron chi connectivity index (χ4n) is 3.81. The van der Waals surface area contributed by atoms with Gasteiger partial charge in [-0.25, -0.2) is 0 Å². The average Bonchev–Trinajstić information content (AvgIpc) is 2.84. The molecule has 0 N–H and O–H groups in total. The van der Waals surface area contributed by atoms with Crippen molar-refractivity contribution in [3.8, 4) is 0 Å². The topological polar surface area (TPSA) is 0 Å². The van der Waals surface area contributed by atoms with Crippen molar-refractivity contribution in [1.82, 2.24) is 0 Å². The Balaban J connectivity index is 2.69. The second-order valence-electron chi connectivity index (χ2n) is 8.90. The number of benzene rings is 3. The molecule has 20 heteroatoms. The molecule has 44 heavy (non-hydrogen) atoms. The predicted molar refractivity (Wildman–Crippen MR) is 121 cm³/mol. The number of halogens is 18. The molecule has 0 aromatic heterocycles. The van der Waals surface area contributed by atoms with Crippen LogP contribution < -0.4 is 15.9 Å². The first-order chi connectivity index (χ1) is 19.4. The first kappa shape index (κ1) is 35.8. The van der Waals surface area contributed by atoms with Gasteiger partial charge in [0.1, 0.15) is 0 Å². The molecule has 0 aliphatic heterocycles. The molecule has 0 amide bonds. The first-order valence-corrected chi connectivity index (χ1v) is 15.0. The van der Waals surface area contributed by atoms with Gasteiger partial charge in [0.05, 0.1) is 0 Å². The van der Waals surface area contributed by atoms with Crippen LogP contribution in [0.25, 0.3) is 0 Å². The minimum absolute atomic E-state index is 0.208. The zero-order valence-corrected chi connectivity index (χ0v) is 23.0. The summed E-state index contributed by atoms with van der Waals surface area (Å²) in [6.07, 6.45) is -34.1. The second-order valence-corrected chi connectivity index (χ2v) is 15.1. The molecule has 0 saturated heterocycles. The number of hydrogen-bond acceptors (Lipinski definition) is 0. The summed E-state index contributed by atoms with van der Waals surface area (Å²) in [5.41, 5.74) is -18.4. The van der Waals surface area contributed by atoms with Crippen LogP contribution in [0.1, 0.15) is 33.4 Å². The molecule has 0 atom stereocenters. The molecule has 242 valence electrons. The van der Waals surface area contributed by atoms with Crippen molar-refractivity contribution in [1.29, 1.82) is 0 Å². The van der Waals surface area contributed by atoms with Gasteiger partial charge in [-0.05, 0) is 0 Å². The zero-order chi connectivity index (χ0) is 34.1. The van der Waals surface area contributed by atoms with E-state index in [0.717, 1.165) is 0 Å². The van der Waals surface area contributed by atoms with Crippen LogP contribution in [-0.4, -0.2) is 15.1 Å². The van der Waals surface area contributed by atoms with Gasteiger partial charge in [0, 0.05) is 0 Å². The van der Waals surface area contributed by atoms with Crippen LogP contribution in [0.5, 0.6) is 0 Å². The third-order valence-electron chi connectivity index (χ3n) is 5.81. The van der Waals surface area contributed by atoms with E-state index < -0.39 is 110 Å². The van der Waals surface area contributed by atoms with Crippen molar-refractivity contribution in [2.45, 2.75) is 37.1 Å². The van der Waals surface area contributed by atoms with E-state index in [2.05, 4.69) is 0 Å². The maximum atomic E-state index is 13.7. The van der Waals surface area contributed by atoms with E-state index in [1.807, 2.05) is 15.1 Å². The van der Waals surface area contributed by atoms with Gasteiger partial charge in [0.15, 0.2) is 0 Å². The summed E-state index contributed by atoms with van der Waals surface area (Å²) in [7, 11) is 0. The quantitative estimate of drug-likeness (QED) is 0.143. The van der Waals surface area contributed by atoms with Crippen molar-refractivity contribution < 1.29 is 79.0 Å². The van der Waals surface area contributed by atoms with Crippen LogP contribution in [0.4, 0.5) is 79.0 Å². The Morgan fingerprint density at radius 1 is 0.295 bits per heavy atom. The Kier molecular flexibility index (Phi) is 8.96. The first-order valence-electron chi connectivity index (χ1n) is 11.0. The molecule has 0 spiro atoms. The van der Waals surface area contributed by atoms with Crippen LogP contribution >= 0.6 is 5.51 Å². The molecule has 3 aromatic rings. The Bertz CT molecular complexity index is 1310. The normalized spacial score (nSPS) is 14.2. The van der Waals surface area contributed by atoms with E-state index in [1.54, 1.807) is 0 Å². The molecule has 3 rings (SSSR count). The standard InChI is InChI=1S/C24H9F18PSe/c25-19(26,27)10-1-11(20(28,29)30)5-16(4-10)43(44,17-6-12(21(31,32)33)2-13(7-17)22(34,35)36)18-8-14(23(37,38)39)3-15(9-18)24(40,41)42/h1-9H. The summed E-state index contributed by atoms with van der Waals surface area (Å²) in [6.45, 7) is 0. The fraction of sp³-hybridized carbons (Fsp3) is 0.250. The second kappa shape index (κ2) is 11.0. The summed E-state index contributed by atoms with van der Waals surface area (Å²) in [6, 6.07) is -2.76. The van der Waals surface area contributed by atoms with E-state index in [1.165, 1.54) is 0 Å². The summed E-state index contributed by atoms with van der Waals surface area (Å²) in [5.74, 6) is 0. The molecule has 3 aromatic carbocycles. The summed E-state index contributed by atoms with van der Waals surface area (Å²) in [4.78, 5) is 0. The monoisotopic (exact) mass is 750 g/mol. The van der Waals surface area contributed by atoms with Crippen LogP contribution in [0.2, 0.25) is 0 Å². The van der Waals surface area contributed by atoms with Crippen molar-refractivity contribution in [3.05, 3.63) is 88.0 Å². The number of hydrogen-bond donors (Lipinski definition) is 0. The third-order valence-corrected chi connectivity index (χ3v) is 12.7. The van der Waals surface area contributed by atoms with Crippen molar-refractivity contribution in [2.75, 3.05) is 0 Å². The Morgan fingerprint density at radius 2 is 0.432 bits per heavy atom. The maximum absolute atomic E-state index is 13.7. The molecule has 0 saturated carbocycles. The molecule has 0 fully saturated rings. The molecule has 0 unspecified atom stereocenters. The summed E-state index contributed by atoms with van der Waals surface area (Å²) < 4.78 is 246. The van der Waals surface area contributed by atoms with Crippen LogP contribution in [0.3, 0.4) is 0 Å². The summed E-state index contributed by atoms with van der Waals surface area (Å²) >= 11 is 1.82. The van der Waals surface area contributed by atoms with Crippen molar-refractivity contribution in [3.63, 3.8) is 0 Å². The number of rotatable bonds is 3. The van der Waals surface area contributed by atoms with Gasteiger partial charge in [-0.1, -0.05) is 0 Å². The summed E-state index contributed by atoms with van der Waals surface area (Å²) in [5, 5.41) is -4.42. The molecule has 0 heterocycles. The van der Waals surface area contributed by atoms with Crippen LogP contribution in [0.15, 0.2) is 54.6 Å². The van der Waals surface area contributed by atoms with E-state index in [-0.39, 0.29) is 36.4 Å². The van der Waals surface area contributed by atoms with E-state index in [0.29, 0.717) is 0 Å². The van der Waals surface area contributed by atoms with Gasteiger partial charge in [0.25, 0.3) is 0 Å². The van der Waals surface area contributed by atoms with Crippen LogP contribution in [0, 0.1) is 0 Å². The van der Waals surface area contributed by atoms with E-state index in [9.17, 15) is 79.0 Å². The average molecular weight is 749 g/mol. The fourth-order valence-corrected chi connectivity index (χ4v) is 8.62. The third kappa shape index (κ3) is 7.58. The van der Waals surface area contributed by atoms with Gasteiger partial charge in [0.2, 0.25) is 0 Å². The van der Waals surface area contributed by atoms with Gasteiger partial charge in [-0.15, -0.1) is 0 Å². The molecule has 0 bridgehead atoms. The molecule has 0 aliphatic carbocycles. The predicted octanol–water partition coefficient (Wildman–Crippen LogP) is 9.18. The molecule has 0 aliphatic rings. The van der Waals surface area contributed by atoms with Crippen LogP contribution in [-0.2, 0) is 37.1 Å². The van der Waals surface area contributed by atoms with Gasteiger partial charge < -0.3 is 0 Å². The van der Waals surface area contributed by atoms with Gasteiger partial charge in [-0.2, -0.15) is 0 Å². The Hall–Kier alpha value is -2.65. The van der Waals surface area contributed by atoms with Gasteiger partial charge in [-0.3, -0.25) is 0 Å². The minimum atomic E-state index is -5.68. The van der Waals surface area contributed by atoms with E-state index in [4.69, 9.17) is 0 Å². The van der Waals surface area contributed by atoms with Crippen molar-refractivity contribution >= 4 is 36.5 Å². The molecular weight excluding hydrogens is 740 g/mol. The van der Waals surface area contributed by atoms with E-state index >= 15 is 0 Å². The van der Waals surface area contributed by atoms with Gasteiger partial charge >= 0.3 is 241 Å². The zero-order valence-electron chi connectivity index (χ0n) is 20.4. The van der Waals surface area contributed by atoms with Crippen molar-refractivity contribution in [2.24, 2.45) is 0 Å². The molecular formula is C24H9F18PSe.